The Labute approximate surface area is 346 Å². The Balaban J connectivity index is 1.11. The second-order valence-corrected chi connectivity index (χ2v) is 15.4. The van der Waals surface area contributed by atoms with Gasteiger partial charge < -0.3 is 9.13 Å². The van der Waals surface area contributed by atoms with Gasteiger partial charge in [0, 0.05) is 49.3 Å². The number of fused-ring (bicyclic) bond motifs is 8. The second-order valence-electron chi connectivity index (χ2n) is 15.4. The first-order valence-electron chi connectivity index (χ1n) is 20.4. The Hall–Kier alpha value is -8.08. The largest absolute Gasteiger partial charge is 0.309 e. The van der Waals surface area contributed by atoms with Crippen molar-refractivity contribution in [3.63, 3.8) is 0 Å². The predicted molar refractivity (Wildman–Crippen MR) is 250 cm³/mol. The predicted octanol–water partition coefficient (Wildman–Crippen LogP) is 14.5. The molecule has 12 rings (SSSR count). The summed E-state index contributed by atoms with van der Waals surface area (Å²) in [6.07, 6.45) is 0. The van der Waals surface area contributed by atoms with E-state index in [0.717, 1.165) is 61.4 Å². The number of hydrogen-bond acceptors (Lipinski definition) is 2. The second kappa shape index (κ2) is 13.8. The molecule has 12 aromatic rings. The molecule has 0 aliphatic rings. The Bertz CT molecular complexity index is 3570. The smallest absolute Gasteiger partial charge is 0.160 e. The van der Waals surface area contributed by atoms with E-state index in [2.05, 4.69) is 215 Å². The van der Waals surface area contributed by atoms with Gasteiger partial charge >= 0.3 is 0 Å². The van der Waals surface area contributed by atoms with Gasteiger partial charge in [0.05, 0.1) is 39.1 Å². The molecule has 4 heteroatoms. The lowest BCUT2D eigenvalue weighted by Gasteiger charge is -2.15. The maximum atomic E-state index is 5.34. The van der Waals surface area contributed by atoms with Crippen LogP contribution in [0.5, 0.6) is 0 Å². The molecule has 3 aromatic heterocycles. The van der Waals surface area contributed by atoms with Gasteiger partial charge in [-0.3, -0.25) is 0 Å². The average molecular weight is 765 g/mol. The molecule has 0 saturated heterocycles. The van der Waals surface area contributed by atoms with Crippen LogP contribution in [-0.2, 0) is 0 Å². The minimum atomic E-state index is 0.690. The SMILES string of the molecule is c1ccc(-c2ccc(-c3nc(-c4ccccc4)cc(-c4cc(-n5c6ccccc6c6c7c8ccccc8n(-c8ccccc8)c7ccc65)c5ccccc5c4)n3)cc2)cc1. The van der Waals surface area contributed by atoms with Crippen LogP contribution in [0, 0.1) is 0 Å². The Morgan fingerprint density at radius 1 is 0.300 bits per heavy atom. The summed E-state index contributed by atoms with van der Waals surface area (Å²) in [5, 5.41) is 7.28. The van der Waals surface area contributed by atoms with Crippen molar-refractivity contribution in [3.8, 4) is 56.4 Å². The number of aromatic nitrogens is 4. The van der Waals surface area contributed by atoms with Crippen molar-refractivity contribution in [1.29, 1.82) is 0 Å². The Morgan fingerprint density at radius 2 is 0.783 bits per heavy atom. The van der Waals surface area contributed by atoms with Crippen LogP contribution in [0.4, 0.5) is 0 Å². The summed E-state index contributed by atoms with van der Waals surface area (Å²) in [4.78, 5) is 10.5. The van der Waals surface area contributed by atoms with E-state index in [0.29, 0.717) is 5.82 Å². The fourth-order valence-electron chi connectivity index (χ4n) is 9.18. The fourth-order valence-corrected chi connectivity index (χ4v) is 9.18. The van der Waals surface area contributed by atoms with Crippen LogP contribution >= 0.6 is 0 Å². The lowest BCUT2D eigenvalue weighted by molar-refractivity contribution is 1.17. The number of benzene rings is 9. The molecule has 0 fully saturated rings. The van der Waals surface area contributed by atoms with E-state index >= 15 is 0 Å². The normalized spacial score (nSPS) is 11.7. The van der Waals surface area contributed by atoms with Crippen molar-refractivity contribution in [2.45, 2.75) is 0 Å². The first kappa shape index (κ1) is 34.0. The number of para-hydroxylation sites is 3. The number of nitrogens with zero attached hydrogens (tertiary/aromatic N) is 4. The van der Waals surface area contributed by atoms with Crippen molar-refractivity contribution >= 4 is 54.4 Å². The molecule has 0 N–H and O–H groups in total. The number of hydrogen-bond donors (Lipinski definition) is 0. The third kappa shape index (κ3) is 5.46. The highest BCUT2D eigenvalue weighted by atomic mass is 15.0. The van der Waals surface area contributed by atoms with Gasteiger partial charge in [-0.2, -0.15) is 0 Å². The minimum absolute atomic E-state index is 0.690. The van der Waals surface area contributed by atoms with Crippen LogP contribution < -0.4 is 0 Å². The maximum Gasteiger partial charge on any atom is 0.160 e. The monoisotopic (exact) mass is 764 g/mol. The van der Waals surface area contributed by atoms with E-state index < -0.39 is 0 Å². The highest BCUT2D eigenvalue weighted by molar-refractivity contribution is 6.29. The fraction of sp³-hybridized carbons (Fsp3) is 0. The van der Waals surface area contributed by atoms with Crippen LogP contribution in [-0.4, -0.2) is 19.1 Å². The molecule has 0 spiro atoms. The molecule has 4 nitrogen and oxygen atoms in total. The van der Waals surface area contributed by atoms with Crippen LogP contribution in [0.1, 0.15) is 0 Å². The average Bonchev–Trinajstić information content (AvgIpc) is 3.85. The quantitative estimate of drug-likeness (QED) is 0.169. The van der Waals surface area contributed by atoms with Crippen molar-refractivity contribution < 1.29 is 0 Å². The molecular weight excluding hydrogens is 729 g/mol. The lowest BCUT2D eigenvalue weighted by Crippen LogP contribution is -1.99. The van der Waals surface area contributed by atoms with Gasteiger partial charge in [0.1, 0.15) is 0 Å². The summed E-state index contributed by atoms with van der Waals surface area (Å²) in [5.41, 5.74) is 14.1. The van der Waals surface area contributed by atoms with Crippen LogP contribution in [0.25, 0.3) is 111 Å². The van der Waals surface area contributed by atoms with Gasteiger partial charge in [-0.25, -0.2) is 9.97 Å². The molecule has 60 heavy (non-hydrogen) atoms. The molecule has 0 unspecified atom stereocenters. The topological polar surface area (TPSA) is 35.6 Å². The minimum Gasteiger partial charge on any atom is -0.309 e. The maximum absolute atomic E-state index is 5.34. The van der Waals surface area contributed by atoms with E-state index in [4.69, 9.17) is 9.97 Å². The van der Waals surface area contributed by atoms with Crippen molar-refractivity contribution in [2.75, 3.05) is 0 Å². The van der Waals surface area contributed by atoms with E-state index in [1.807, 2.05) is 12.1 Å². The van der Waals surface area contributed by atoms with E-state index in [-0.39, 0.29) is 0 Å². The summed E-state index contributed by atoms with van der Waals surface area (Å²) in [7, 11) is 0. The van der Waals surface area contributed by atoms with Gasteiger partial charge in [0.25, 0.3) is 0 Å². The molecule has 0 atom stereocenters. The Kier molecular flexibility index (Phi) is 7.82. The molecule has 0 aliphatic heterocycles. The standard InChI is InChI=1S/C56H36N4/c1-4-16-37(17-5-1)38-28-30-40(31-29-38)56-57-47(39-18-6-2-7-19-39)36-48(58-56)42-34-41-20-10-11-23-44(41)53(35-42)60-50-27-15-13-25-46(50)55-52(60)33-32-51-54(55)45-24-12-14-26-49(45)59(51)43-21-8-3-9-22-43/h1-36H. The van der Waals surface area contributed by atoms with Gasteiger partial charge in [-0.15, -0.1) is 0 Å². The summed E-state index contributed by atoms with van der Waals surface area (Å²) >= 11 is 0. The van der Waals surface area contributed by atoms with Gasteiger partial charge in [-0.05, 0) is 71.1 Å². The molecule has 280 valence electrons. The highest BCUT2D eigenvalue weighted by Gasteiger charge is 2.22. The zero-order valence-corrected chi connectivity index (χ0v) is 32.6. The summed E-state index contributed by atoms with van der Waals surface area (Å²) in [5.74, 6) is 0.690. The molecule has 0 bridgehead atoms. The molecule has 3 heterocycles. The molecular formula is C56H36N4. The van der Waals surface area contributed by atoms with Gasteiger partial charge in [-0.1, -0.05) is 164 Å². The van der Waals surface area contributed by atoms with Crippen LogP contribution in [0.15, 0.2) is 218 Å². The molecule has 0 saturated carbocycles. The lowest BCUT2D eigenvalue weighted by atomic mass is 10.0. The van der Waals surface area contributed by atoms with Crippen molar-refractivity contribution in [2.24, 2.45) is 0 Å². The van der Waals surface area contributed by atoms with E-state index in [1.54, 1.807) is 0 Å². The highest BCUT2D eigenvalue weighted by Crippen LogP contribution is 2.44. The molecule has 0 radical (unpaired) electrons. The Morgan fingerprint density at radius 3 is 1.45 bits per heavy atom. The van der Waals surface area contributed by atoms with E-state index in [1.165, 1.54) is 43.5 Å². The summed E-state index contributed by atoms with van der Waals surface area (Å²) in [6, 6.07) is 77.9. The van der Waals surface area contributed by atoms with Crippen LogP contribution in [0.3, 0.4) is 0 Å². The third-order valence-corrected chi connectivity index (χ3v) is 11.9. The molecule has 9 aromatic carbocycles. The first-order valence-corrected chi connectivity index (χ1v) is 20.4. The zero-order chi connectivity index (χ0) is 39.6. The van der Waals surface area contributed by atoms with Gasteiger partial charge in [0.2, 0.25) is 0 Å². The van der Waals surface area contributed by atoms with Gasteiger partial charge in [0.15, 0.2) is 5.82 Å². The van der Waals surface area contributed by atoms with E-state index in [9.17, 15) is 0 Å². The zero-order valence-electron chi connectivity index (χ0n) is 32.6. The molecule has 0 aliphatic carbocycles. The molecule has 0 amide bonds. The number of rotatable bonds is 6. The first-order chi connectivity index (χ1) is 29.8. The van der Waals surface area contributed by atoms with Crippen LogP contribution in [0.2, 0.25) is 0 Å². The third-order valence-electron chi connectivity index (χ3n) is 11.9. The summed E-state index contributed by atoms with van der Waals surface area (Å²) < 4.78 is 4.87. The summed E-state index contributed by atoms with van der Waals surface area (Å²) in [6.45, 7) is 0. The van der Waals surface area contributed by atoms with Crippen molar-refractivity contribution in [1.82, 2.24) is 19.1 Å². The van der Waals surface area contributed by atoms with Crippen molar-refractivity contribution in [3.05, 3.63) is 218 Å².